The van der Waals surface area contributed by atoms with E-state index in [1.54, 1.807) is 25.3 Å². The number of benzene rings is 2. The Balaban J connectivity index is 1.72. The highest BCUT2D eigenvalue weighted by atomic mass is 19.1. The quantitative estimate of drug-likeness (QED) is 0.607. The number of halogens is 1. The van der Waals surface area contributed by atoms with Crippen LogP contribution in [-0.4, -0.2) is 30.4 Å². The molecule has 0 aliphatic carbocycles. The summed E-state index contributed by atoms with van der Waals surface area (Å²) in [7, 11) is 1.57. The first-order valence-electron chi connectivity index (χ1n) is 8.52. The second-order valence-electron chi connectivity index (χ2n) is 6.42. The Morgan fingerprint density at radius 3 is 2.86 bits per heavy atom. The summed E-state index contributed by atoms with van der Waals surface area (Å²) in [5.74, 6) is -2.29. The van der Waals surface area contributed by atoms with Crippen LogP contribution in [0.4, 0.5) is 21.5 Å². The van der Waals surface area contributed by atoms with Crippen molar-refractivity contribution < 1.29 is 23.6 Å². The van der Waals surface area contributed by atoms with E-state index in [2.05, 4.69) is 5.32 Å². The fourth-order valence-electron chi connectivity index (χ4n) is 3.09. The molecule has 3 rings (SSSR count). The van der Waals surface area contributed by atoms with Crippen LogP contribution >= 0.6 is 0 Å². The van der Waals surface area contributed by atoms with Crippen LogP contribution in [0.25, 0.3) is 0 Å². The molecule has 0 spiro atoms. The van der Waals surface area contributed by atoms with Crippen molar-refractivity contribution in [3.05, 3.63) is 64.0 Å². The maximum absolute atomic E-state index is 13.5. The third kappa shape index (κ3) is 4.15. The van der Waals surface area contributed by atoms with Gasteiger partial charge in [0.25, 0.3) is 0 Å². The molecule has 0 radical (unpaired) electrons. The molecule has 1 unspecified atom stereocenters. The number of anilines is 2. The smallest absolute Gasteiger partial charge is 0.306 e. The lowest BCUT2D eigenvalue weighted by Crippen LogP contribution is -2.28. The highest BCUT2D eigenvalue weighted by molar-refractivity contribution is 6.03. The van der Waals surface area contributed by atoms with E-state index in [0.717, 1.165) is 17.7 Å². The topological polar surface area (TPSA) is 102 Å². The Bertz CT molecular complexity index is 934. The normalized spacial score (nSPS) is 16.3. The molecule has 1 heterocycles. The highest BCUT2D eigenvalue weighted by Crippen LogP contribution is 2.30. The van der Waals surface area contributed by atoms with Crippen molar-refractivity contribution in [1.29, 1.82) is 0 Å². The van der Waals surface area contributed by atoms with Gasteiger partial charge in [-0.25, -0.2) is 0 Å². The molecule has 2 aromatic carbocycles. The first-order chi connectivity index (χ1) is 13.4. The standard InChI is InChI=1S/C19H18FN3O5/c1-28-11-12-3-2-4-14(7-12)21-19(25)13-8-18(24)22(10-13)15-5-6-16(20)17(9-15)23(26)27/h2-7,9,13H,8,10-11H2,1H3,(H,21,25). The molecule has 1 fully saturated rings. The lowest BCUT2D eigenvalue weighted by molar-refractivity contribution is -0.387. The van der Waals surface area contributed by atoms with E-state index in [0.29, 0.717) is 12.3 Å². The molecule has 0 aromatic heterocycles. The minimum Gasteiger partial charge on any atom is -0.380 e. The van der Waals surface area contributed by atoms with Gasteiger partial charge in [-0.3, -0.25) is 19.7 Å². The maximum Gasteiger partial charge on any atom is 0.306 e. The van der Waals surface area contributed by atoms with Crippen molar-refractivity contribution in [3.8, 4) is 0 Å². The van der Waals surface area contributed by atoms with Gasteiger partial charge in [0.15, 0.2) is 0 Å². The van der Waals surface area contributed by atoms with E-state index < -0.39 is 22.3 Å². The zero-order valence-corrected chi connectivity index (χ0v) is 15.1. The van der Waals surface area contributed by atoms with Crippen molar-refractivity contribution in [2.75, 3.05) is 23.9 Å². The molecular weight excluding hydrogens is 369 g/mol. The number of hydrogen-bond donors (Lipinski definition) is 1. The zero-order valence-electron chi connectivity index (χ0n) is 15.1. The van der Waals surface area contributed by atoms with Crippen molar-refractivity contribution in [2.45, 2.75) is 13.0 Å². The van der Waals surface area contributed by atoms with Crippen LogP contribution < -0.4 is 10.2 Å². The Labute approximate surface area is 160 Å². The molecule has 1 saturated heterocycles. The monoisotopic (exact) mass is 387 g/mol. The molecule has 8 nitrogen and oxygen atoms in total. The molecule has 0 bridgehead atoms. The number of nitro groups is 1. The average molecular weight is 387 g/mol. The number of ether oxygens (including phenoxy) is 1. The largest absolute Gasteiger partial charge is 0.380 e. The minimum atomic E-state index is -0.981. The number of nitro benzene ring substituents is 1. The summed E-state index contributed by atoms with van der Waals surface area (Å²) >= 11 is 0. The molecule has 2 aromatic rings. The number of hydrogen-bond acceptors (Lipinski definition) is 5. The van der Waals surface area contributed by atoms with Crippen LogP contribution in [0.2, 0.25) is 0 Å². The molecule has 146 valence electrons. The molecule has 1 aliphatic heterocycles. The van der Waals surface area contributed by atoms with Crippen molar-refractivity contribution >= 4 is 28.9 Å². The summed E-state index contributed by atoms with van der Waals surface area (Å²) in [5, 5.41) is 13.7. The SMILES string of the molecule is COCc1cccc(NC(=O)C2CC(=O)N(c3ccc(F)c([N+](=O)[O-])c3)C2)c1. The second-order valence-corrected chi connectivity index (χ2v) is 6.42. The summed E-state index contributed by atoms with van der Waals surface area (Å²) in [6.07, 6.45) is -0.0330. The summed E-state index contributed by atoms with van der Waals surface area (Å²) in [6, 6.07) is 10.4. The number of nitrogens with one attached hydrogen (secondary N) is 1. The van der Waals surface area contributed by atoms with Gasteiger partial charge in [0.05, 0.1) is 23.1 Å². The lowest BCUT2D eigenvalue weighted by Gasteiger charge is -2.16. The number of carbonyl (C=O) groups excluding carboxylic acids is 2. The van der Waals surface area contributed by atoms with E-state index in [1.165, 1.54) is 11.0 Å². The van der Waals surface area contributed by atoms with Crippen molar-refractivity contribution in [1.82, 2.24) is 0 Å². The van der Waals surface area contributed by atoms with Crippen LogP contribution in [0.1, 0.15) is 12.0 Å². The molecule has 9 heteroatoms. The summed E-state index contributed by atoms with van der Waals surface area (Å²) in [5.41, 5.74) is 0.953. The third-order valence-corrected chi connectivity index (χ3v) is 4.44. The average Bonchev–Trinajstić information content (AvgIpc) is 3.04. The first kappa shape index (κ1) is 19.4. The molecule has 1 aliphatic rings. The van der Waals surface area contributed by atoms with Gasteiger partial charge >= 0.3 is 5.69 Å². The first-order valence-corrected chi connectivity index (χ1v) is 8.52. The third-order valence-electron chi connectivity index (χ3n) is 4.44. The molecule has 1 N–H and O–H groups in total. The van der Waals surface area contributed by atoms with Gasteiger partial charge in [0.1, 0.15) is 0 Å². The van der Waals surface area contributed by atoms with Crippen molar-refractivity contribution in [3.63, 3.8) is 0 Å². The fourth-order valence-corrected chi connectivity index (χ4v) is 3.09. The summed E-state index contributed by atoms with van der Waals surface area (Å²) < 4.78 is 18.6. The number of rotatable bonds is 6. The summed E-state index contributed by atoms with van der Waals surface area (Å²) in [4.78, 5) is 36.2. The predicted molar refractivity (Wildman–Crippen MR) is 99.3 cm³/mol. The van der Waals surface area contributed by atoms with Crippen molar-refractivity contribution in [2.24, 2.45) is 5.92 Å². The highest BCUT2D eigenvalue weighted by Gasteiger charge is 2.36. The Hall–Kier alpha value is -3.33. The minimum absolute atomic E-state index is 0.0330. The van der Waals surface area contributed by atoms with E-state index >= 15 is 0 Å². The lowest BCUT2D eigenvalue weighted by atomic mass is 10.1. The van der Waals surface area contributed by atoms with E-state index in [1.807, 2.05) is 6.07 Å². The van der Waals surface area contributed by atoms with E-state index in [-0.39, 0.29) is 30.5 Å². The van der Waals surface area contributed by atoms with Gasteiger partial charge in [0, 0.05) is 31.8 Å². The van der Waals surface area contributed by atoms with Gasteiger partial charge in [-0.15, -0.1) is 0 Å². The number of carbonyl (C=O) groups is 2. The predicted octanol–water partition coefficient (Wildman–Crippen LogP) is 2.87. The zero-order chi connectivity index (χ0) is 20.3. The fraction of sp³-hybridized carbons (Fsp3) is 0.263. The maximum atomic E-state index is 13.5. The Morgan fingerprint density at radius 1 is 1.36 bits per heavy atom. The number of amides is 2. The number of nitrogens with zero attached hydrogens (tertiary/aromatic N) is 2. The summed E-state index contributed by atoms with van der Waals surface area (Å²) in [6.45, 7) is 0.466. The Kier molecular flexibility index (Phi) is 5.65. The molecule has 28 heavy (non-hydrogen) atoms. The second kappa shape index (κ2) is 8.13. The molecule has 0 saturated carbocycles. The molecule has 1 atom stereocenters. The van der Waals surface area contributed by atoms with Crippen LogP contribution in [0, 0.1) is 21.8 Å². The Morgan fingerprint density at radius 2 is 2.14 bits per heavy atom. The molecular formula is C19H18FN3O5. The van der Waals surface area contributed by atoms with Crippen LogP contribution in [-0.2, 0) is 20.9 Å². The molecule has 2 amide bonds. The van der Waals surface area contributed by atoms with Gasteiger partial charge in [-0.1, -0.05) is 12.1 Å². The van der Waals surface area contributed by atoms with Crippen LogP contribution in [0.5, 0.6) is 0 Å². The van der Waals surface area contributed by atoms with Gasteiger partial charge in [0.2, 0.25) is 17.6 Å². The van der Waals surface area contributed by atoms with Crippen LogP contribution in [0.3, 0.4) is 0 Å². The van der Waals surface area contributed by atoms with Gasteiger partial charge in [-0.2, -0.15) is 4.39 Å². The van der Waals surface area contributed by atoms with E-state index in [9.17, 15) is 24.1 Å². The van der Waals surface area contributed by atoms with Gasteiger partial charge < -0.3 is 15.0 Å². The van der Waals surface area contributed by atoms with Crippen LogP contribution in [0.15, 0.2) is 42.5 Å². The van der Waals surface area contributed by atoms with Gasteiger partial charge in [-0.05, 0) is 29.8 Å². The number of methoxy groups -OCH3 is 1. The van der Waals surface area contributed by atoms with E-state index in [4.69, 9.17) is 4.74 Å².